The molecule has 1 amide bonds. The van der Waals surface area contributed by atoms with Crippen LogP contribution in [0.4, 0.5) is 0 Å². The zero-order valence-corrected chi connectivity index (χ0v) is 16.5. The summed E-state index contributed by atoms with van der Waals surface area (Å²) in [6, 6.07) is 15.6. The number of primary amides is 1. The van der Waals surface area contributed by atoms with E-state index in [0.717, 1.165) is 22.5 Å². The second kappa shape index (κ2) is 9.82. The molecule has 0 fully saturated rings. The topological polar surface area (TPSA) is 80.0 Å². The van der Waals surface area contributed by atoms with Gasteiger partial charge >= 0.3 is 0 Å². The number of carbonyl (C=O) groups is 1. The Balaban J connectivity index is 1.95. The zero-order valence-electron chi connectivity index (χ0n) is 14.9. The minimum absolute atomic E-state index is 0.132. The van der Waals surface area contributed by atoms with Gasteiger partial charge in [0.15, 0.2) is 12.6 Å². The molecule has 2 aromatic carbocycles. The number of nitrogens with two attached hydrogens (primary N) is 1. The van der Waals surface area contributed by atoms with Gasteiger partial charge in [-0.25, -0.2) is 0 Å². The number of carbonyl (C=O) groups excluding carboxylic acids is 1. The molecule has 138 valence electrons. The van der Waals surface area contributed by atoms with Crippen LogP contribution in [0, 0.1) is 0 Å². The van der Waals surface area contributed by atoms with Crippen molar-refractivity contribution in [2.75, 3.05) is 20.7 Å². The first kappa shape index (κ1) is 19.8. The summed E-state index contributed by atoms with van der Waals surface area (Å²) in [5, 5.41) is 3.33. The van der Waals surface area contributed by atoms with E-state index in [0.29, 0.717) is 12.3 Å². The largest absolute Gasteiger partial charge is 0.484 e. The molecule has 2 aromatic rings. The SMILES string of the molecule is CN=C(NCc1cccc(OCC(N)=O)c1)N(C)Cc1ccccc1Br. The summed E-state index contributed by atoms with van der Waals surface area (Å²) in [4.78, 5) is 17.2. The molecule has 6 nitrogen and oxygen atoms in total. The molecule has 0 radical (unpaired) electrons. The van der Waals surface area contributed by atoms with Crippen LogP contribution in [0.15, 0.2) is 58.0 Å². The van der Waals surface area contributed by atoms with E-state index in [-0.39, 0.29) is 6.61 Å². The van der Waals surface area contributed by atoms with E-state index in [4.69, 9.17) is 10.5 Å². The third-order valence-corrected chi connectivity index (χ3v) is 4.44. The Kier molecular flexibility index (Phi) is 7.47. The fraction of sp³-hybridized carbons (Fsp3) is 0.263. The van der Waals surface area contributed by atoms with Gasteiger partial charge in [-0.15, -0.1) is 0 Å². The average molecular weight is 419 g/mol. The normalized spacial score (nSPS) is 11.1. The maximum Gasteiger partial charge on any atom is 0.255 e. The van der Waals surface area contributed by atoms with Crippen LogP contribution < -0.4 is 15.8 Å². The summed E-state index contributed by atoms with van der Waals surface area (Å²) in [5.74, 6) is 0.895. The molecule has 0 bridgehead atoms. The van der Waals surface area contributed by atoms with Crippen molar-refractivity contribution in [3.63, 3.8) is 0 Å². The summed E-state index contributed by atoms with van der Waals surface area (Å²) in [6.07, 6.45) is 0. The lowest BCUT2D eigenvalue weighted by Gasteiger charge is -2.23. The van der Waals surface area contributed by atoms with Gasteiger partial charge in [-0.3, -0.25) is 9.79 Å². The highest BCUT2D eigenvalue weighted by Crippen LogP contribution is 2.17. The van der Waals surface area contributed by atoms with E-state index in [1.807, 2.05) is 48.3 Å². The number of rotatable bonds is 7. The highest BCUT2D eigenvalue weighted by molar-refractivity contribution is 9.10. The van der Waals surface area contributed by atoms with Gasteiger partial charge in [-0.1, -0.05) is 46.3 Å². The zero-order chi connectivity index (χ0) is 18.9. The predicted molar refractivity (Wildman–Crippen MR) is 107 cm³/mol. The Morgan fingerprint density at radius 1 is 1.27 bits per heavy atom. The molecule has 0 saturated carbocycles. The Morgan fingerprint density at radius 2 is 2.04 bits per heavy atom. The maximum atomic E-state index is 10.8. The molecular weight excluding hydrogens is 396 g/mol. The number of benzene rings is 2. The molecule has 26 heavy (non-hydrogen) atoms. The third-order valence-electron chi connectivity index (χ3n) is 3.67. The second-order valence-electron chi connectivity index (χ2n) is 5.75. The Bertz CT molecular complexity index is 780. The number of ether oxygens (including phenoxy) is 1. The van der Waals surface area contributed by atoms with E-state index >= 15 is 0 Å². The van der Waals surface area contributed by atoms with Gasteiger partial charge in [0, 0.05) is 31.7 Å². The summed E-state index contributed by atoms with van der Waals surface area (Å²) >= 11 is 3.57. The summed E-state index contributed by atoms with van der Waals surface area (Å²) in [7, 11) is 3.74. The first-order valence-corrected chi connectivity index (χ1v) is 8.94. The van der Waals surface area contributed by atoms with Crippen molar-refractivity contribution >= 4 is 27.8 Å². The van der Waals surface area contributed by atoms with Crippen LogP contribution in [0.25, 0.3) is 0 Å². The van der Waals surface area contributed by atoms with Crippen LogP contribution in [0.5, 0.6) is 5.75 Å². The number of hydrogen-bond donors (Lipinski definition) is 2. The summed E-state index contributed by atoms with van der Waals surface area (Å²) in [5.41, 5.74) is 7.30. The molecule has 0 atom stereocenters. The number of hydrogen-bond acceptors (Lipinski definition) is 3. The van der Waals surface area contributed by atoms with Crippen LogP contribution in [0.2, 0.25) is 0 Å². The van der Waals surface area contributed by atoms with Crippen LogP contribution in [0.1, 0.15) is 11.1 Å². The van der Waals surface area contributed by atoms with E-state index in [1.165, 1.54) is 5.56 Å². The maximum absolute atomic E-state index is 10.8. The number of nitrogens with zero attached hydrogens (tertiary/aromatic N) is 2. The summed E-state index contributed by atoms with van der Waals surface area (Å²) in [6.45, 7) is 1.18. The molecule has 3 N–H and O–H groups in total. The standard InChI is InChI=1S/C19H23BrN4O2/c1-22-19(24(2)12-15-7-3-4-9-17(15)20)23-11-14-6-5-8-16(10-14)26-13-18(21)25/h3-10H,11-13H2,1-2H3,(H2,21,25)(H,22,23). The fourth-order valence-electron chi connectivity index (χ4n) is 2.42. The Morgan fingerprint density at radius 3 is 2.73 bits per heavy atom. The number of guanidine groups is 1. The van der Waals surface area contributed by atoms with Gasteiger partial charge in [0.2, 0.25) is 0 Å². The van der Waals surface area contributed by atoms with Crippen molar-refractivity contribution in [1.82, 2.24) is 10.2 Å². The van der Waals surface area contributed by atoms with Gasteiger partial charge in [-0.2, -0.15) is 0 Å². The van der Waals surface area contributed by atoms with Crippen LogP contribution in [0.3, 0.4) is 0 Å². The molecule has 0 aliphatic heterocycles. The molecule has 7 heteroatoms. The van der Waals surface area contributed by atoms with Crippen LogP contribution >= 0.6 is 15.9 Å². The van der Waals surface area contributed by atoms with Crippen molar-refractivity contribution in [1.29, 1.82) is 0 Å². The lowest BCUT2D eigenvalue weighted by molar-refractivity contribution is -0.119. The lowest BCUT2D eigenvalue weighted by Crippen LogP contribution is -2.38. The molecule has 0 heterocycles. The van der Waals surface area contributed by atoms with Crippen LogP contribution in [-0.2, 0) is 17.9 Å². The number of nitrogens with one attached hydrogen (secondary N) is 1. The highest BCUT2D eigenvalue weighted by atomic mass is 79.9. The highest BCUT2D eigenvalue weighted by Gasteiger charge is 2.09. The lowest BCUT2D eigenvalue weighted by atomic mass is 10.2. The van der Waals surface area contributed by atoms with Crippen molar-refractivity contribution in [3.8, 4) is 5.75 Å². The molecule has 0 saturated heterocycles. The predicted octanol–water partition coefficient (Wildman–Crippen LogP) is 2.52. The van der Waals surface area contributed by atoms with Gasteiger partial charge in [0.25, 0.3) is 5.91 Å². The summed E-state index contributed by atoms with van der Waals surface area (Å²) < 4.78 is 6.40. The second-order valence-corrected chi connectivity index (χ2v) is 6.60. The molecule has 0 aliphatic carbocycles. The van der Waals surface area contributed by atoms with E-state index in [1.54, 1.807) is 13.1 Å². The first-order valence-electron chi connectivity index (χ1n) is 8.15. The van der Waals surface area contributed by atoms with Gasteiger partial charge in [-0.05, 0) is 29.3 Å². The van der Waals surface area contributed by atoms with Crippen molar-refractivity contribution in [2.24, 2.45) is 10.7 Å². The molecule has 0 spiro atoms. The van der Waals surface area contributed by atoms with Gasteiger partial charge in [0.05, 0.1) is 0 Å². The fourth-order valence-corrected chi connectivity index (χ4v) is 2.83. The van der Waals surface area contributed by atoms with Crippen molar-refractivity contribution in [3.05, 3.63) is 64.1 Å². The molecule has 0 unspecified atom stereocenters. The molecule has 0 aliphatic rings. The third kappa shape index (κ3) is 6.07. The number of halogens is 1. The number of aliphatic imine (C=N–C) groups is 1. The quantitative estimate of drug-likeness (QED) is 0.534. The van der Waals surface area contributed by atoms with Gasteiger partial charge in [0.1, 0.15) is 5.75 Å². The number of amides is 1. The Labute approximate surface area is 162 Å². The van der Waals surface area contributed by atoms with Crippen molar-refractivity contribution in [2.45, 2.75) is 13.1 Å². The van der Waals surface area contributed by atoms with E-state index < -0.39 is 5.91 Å². The van der Waals surface area contributed by atoms with Gasteiger partial charge < -0.3 is 20.7 Å². The monoisotopic (exact) mass is 418 g/mol. The minimum atomic E-state index is -0.498. The molecule has 0 aromatic heterocycles. The van der Waals surface area contributed by atoms with E-state index in [2.05, 4.69) is 32.3 Å². The molecular formula is C19H23BrN4O2. The smallest absolute Gasteiger partial charge is 0.255 e. The van der Waals surface area contributed by atoms with E-state index in [9.17, 15) is 4.79 Å². The first-order chi connectivity index (χ1) is 12.5. The average Bonchev–Trinajstić information content (AvgIpc) is 2.63. The Hall–Kier alpha value is -2.54. The minimum Gasteiger partial charge on any atom is -0.484 e. The van der Waals surface area contributed by atoms with Crippen LogP contribution in [-0.4, -0.2) is 37.5 Å². The van der Waals surface area contributed by atoms with Crippen molar-refractivity contribution < 1.29 is 9.53 Å². The molecule has 2 rings (SSSR count).